The summed E-state index contributed by atoms with van der Waals surface area (Å²) in [6.45, 7) is 4.43. The van der Waals surface area contributed by atoms with Crippen molar-refractivity contribution in [2.75, 3.05) is 18.8 Å². The summed E-state index contributed by atoms with van der Waals surface area (Å²) in [5, 5.41) is 5.24. The van der Waals surface area contributed by atoms with Crippen LogP contribution >= 0.6 is 11.3 Å². The van der Waals surface area contributed by atoms with Gasteiger partial charge in [-0.2, -0.15) is 0 Å². The molecule has 1 aliphatic heterocycles. The van der Waals surface area contributed by atoms with Gasteiger partial charge in [0.2, 0.25) is 15.9 Å². The standard InChI is InChI=1S/C21H28N2O3S2/c1-3-28(25,26)23-13-11-21(12-14-23,18-8-5-4-6-9-18)20(24)22-17(2)16-19-10-7-15-27-19/h4-10,15,17H,3,11-14,16H2,1-2H3,(H,22,24). The first-order valence-electron chi connectivity index (χ1n) is 9.74. The van der Waals surface area contributed by atoms with Gasteiger partial charge in [0.25, 0.3) is 0 Å². The minimum absolute atomic E-state index is 0.00342. The fourth-order valence-electron chi connectivity index (χ4n) is 3.88. The van der Waals surface area contributed by atoms with Crippen LogP contribution in [0.3, 0.4) is 0 Å². The average molecular weight is 421 g/mol. The Kier molecular flexibility index (Phi) is 6.58. The zero-order valence-electron chi connectivity index (χ0n) is 16.4. The number of benzene rings is 1. The maximum Gasteiger partial charge on any atom is 0.230 e. The average Bonchev–Trinajstić information content (AvgIpc) is 3.21. The molecule has 0 saturated carbocycles. The topological polar surface area (TPSA) is 66.5 Å². The zero-order chi connectivity index (χ0) is 20.2. The molecule has 0 bridgehead atoms. The second kappa shape index (κ2) is 8.76. The van der Waals surface area contributed by atoms with Crippen molar-refractivity contribution in [3.05, 3.63) is 58.3 Å². The van der Waals surface area contributed by atoms with E-state index < -0.39 is 15.4 Å². The van der Waals surface area contributed by atoms with E-state index in [1.165, 1.54) is 9.18 Å². The number of carbonyl (C=O) groups is 1. The van der Waals surface area contributed by atoms with Gasteiger partial charge in [0.15, 0.2) is 0 Å². The quantitative estimate of drug-likeness (QED) is 0.748. The van der Waals surface area contributed by atoms with Crippen LogP contribution in [0.4, 0.5) is 0 Å². The fourth-order valence-corrected chi connectivity index (χ4v) is 5.82. The van der Waals surface area contributed by atoms with Gasteiger partial charge in [-0.05, 0) is 43.7 Å². The van der Waals surface area contributed by atoms with Gasteiger partial charge < -0.3 is 5.32 Å². The Morgan fingerprint density at radius 3 is 2.43 bits per heavy atom. The SMILES string of the molecule is CCS(=O)(=O)N1CCC(C(=O)NC(C)Cc2cccs2)(c2ccccc2)CC1. The molecule has 28 heavy (non-hydrogen) atoms. The van der Waals surface area contributed by atoms with E-state index in [0.29, 0.717) is 25.9 Å². The van der Waals surface area contributed by atoms with Gasteiger partial charge in [-0.1, -0.05) is 36.4 Å². The van der Waals surface area contributed by atoms with E-state index in [-0.39, 0.29) is 17.7 Å². The Labute approximate surface area is 171 Å². The minimum Gasteiger partial charge on any atom is -0.353 e. The maximum atomic E-state index is 13.4. The van der Waals surface area contributed by atoms with Crippen LogP contribution in [0.2, 0.25) is 0 Å². The fraction of sp³-hybridized carbons (Fsp3) is 0.476. The van der Waals surface area contributed by atoms with E-state index in [2.05, 4.69) is 11.4 Å². The van der Waals surface area contributed by atoms with Crippen LogP contribution < -0.4 is 5.32 Å². The number of sulfonamides is 1. The van der Waals surface area contributed by atoms with Gasteiger partial charge in [-0.15, -0.1) is 11.3 Å². The van der Waals surface area contributed by atoms with Gasteiger partial charge >= 0.3 is 0 Å². The number of thiophene rings is 1. The molecule has 7 heteroatoms. The summed E-state index contributed by atoms with van der Waals surface area (Å²) >= 11 is 1.69. The molecule has 1 fully saturated rings. The smallest absolute Gasteiger partial charge is 0.230 e. The molecule has 0 spiro atoms. The highest BCUT2D eigenvalue weighted by Gasteiger charge is 2.44. The van der Waals surface area contributed by atoms with Crippen LogP contribution in [0.5, 0.6) is 0 Å². The van der Waals surface area contributed by atoms with Crippen molar-refractivity contribution in [1.29, 1.82) is 0 Å². The third-order valence-corrected chi connectivity index (χ3v) is 8.34. The van der Waals surface area contributed by atoms with E-state index >= 15 is 0 Å². The van der Waals surface area contributed by atoms with E-state index in [9.17, 15) is 13.2 Å². The van der Waals surface area contributed by atoms with Crippen LogP contribution in [0.15, 0.2) is 47.8 Å². The third-order valence-electron chi connectivity index (χ3n) is 5.56. The van der Waals surface area contributed by atoms with Crippen molar-refractivity contribution in [3.63, 3.8) is 0 Å². The molecule has 5 nitrogen and oxygen atoms in total. The van der Waals surface area contributed by atoms with Crippen molar-refractivity contribution in [2.45, 2.75) is 44.6 Å². The molecule has 1 saturated heterocycles. The first kappa shape index (κ1) is 21.0. The molecule has 2 aromatic rings. The molecule has 1 aromatic carbocycles. The lowest BCUT2D eigenvalue weighted by Crippen LogP contribution is -2.54. The predicted octanol–water partition coefficient (Wildman–Crippen LogP) is 3.18. The second-order valence-electron chi connectivity index (χ2n) is 7.41. The Morgan fingerprint density at radius 2 is 1.86 bits per heavy atom. The summed E-state index contributed by atoms with van der Waals surface area (Å²) in [4.78, 5) is 14.7. The number of piperidine rings is 1. The molecular formula is C21H28N2O3S2. The summed E-state index contributed by atoms with van der Waals surface area (Å²) in [7, 11) is -3.23. The van der Waals surface area contributed by atoms with Crippen molar-refractivity contribution in [1.82, 2.24) is 9.62 Å². The molecule has 152 valence electrons. The number of rotatable bonds is 7. The number of carbonyl (C=O) groups excluding carboxylic acids is 1. The lowest BCUT2D eigenvalue weighted by Gasteiger charge is -2.41. The Bertz CT molecular complexity index is 872. The zero-order valence-corrected chi connectivity index (χ0v) is 18.1. The van der Waals surface area contributed by atoms with E-state index in [4.69, 9.17) is 0 Å². The molecule has 1 aromatic heterocycles. The summed E-state index contributed by atoms with van der Waals surface area (Å²) in [5.41, 5.74) is 0.273. The van der Waals surface area contributed by atoms with Crippen molar-refractivity contribution in [2.24, 2.45) is 0 Å². The molecule has 1 N–H and O–H groups in total. The van der Waals surface area contributed by atoms with Gasteiger partial charge in [-0.25, -0.2) is 12.7 Å². The molecule has 2 heterocycles. The highest BCUT2D eigenvalue weighted by Crippen LogP contribution is 2.37. The molecule has 1 unspecified atom stereocenters. The third kappa shape index (κ3) is 4.47. The number of amides is 1. The summed E-state index contributed by atoms with van der Waals surface area (Å²) < 4.78 is 26.0. The first-order valence-corrected chi connectivity index (χ1v) is 12.2. The summed E-state index contributed by atoms with van der Waals surface area (Å²) in [5.74, 6) is 0.0892. The normalized spacial score (nSPS) is 18.5. The van der Waals surface area contributed by atoms with Gasteiger partial charge in [0.05, 0.1) is 11.2 Å². The van der Waals surface area contributed by atoms with Crippen LogP contribution in [0.25, 0.3) is 0 Å². The largest absolute Gasteiger partial charge is 0.353 e. The monoisotopic (exact) mass is 420 g/mol. The second-order valence-corrected chi connectivity index (χ2v) is 10.7. The number of hydrogen-bond acceptors (Lipinski definition) is 4. The number of nitrogens with zero attached hydrogens (tertiary/aromatic N) is 1. The molecular weight excluding hydrogens is 392 g/mol. The van der Waals surface area contributed by atoms with Gasteiger partial charge in [-0.3, -0.25) is 4.79 Å². The van der Waals surface area contributed by atoms with Crippen molar-refractivity contribution >= 4 is 27.3 Å². The molecule has 3 rings (SSSR count). The van der Waals surface area contributed by atoms with E-state index in [0.717, 1.165) is 12.0 Å². The van der Waals surface area contributed by atoms with Crippen molar-refractivity contribution < 1.29 is 13.2 Å². The molecule has 0 aliphatic carbocycles. The first-order chi connectivity index (χ1) is 13.4. The van der Waals surface area contributed by atoms with E-state index in [1.54, 1.807) is 18.3 Å². The van der Waals surface area contributed by atoms with Crippen molar-refractivity contribution in [3.8, 4) is 0 Å². The van der Waals surface area contributed by atoms with Gasteiger partial charge in [0.1, 0.15) is 0 Å². The summed E-state index contributed by atoms with van der Waals surface area (Å²) in [6.07, 6.45) is 1.78. The Morgan fingerprint density at radius 1 is 1.18 bits per heavy atom. The molecule has 1 aliphatic rings. The van der Waals surface area contributed by atoms with Crippen LogP contribution in [0, 0.1) is 0 Å². The number of hydrogen-bond donors (Lipinski definition) is 1. The van der Waals surface area contributed by atoms with Gasteiger partial charge in [0, 0.05) is 30.4 Å². The molecule has 1 amide bonds. The highest BCUT2D eigenvalue weighted by atomic mass is 32.2. The van der Waals surface area contributed by atoms with Crippen LogP contribution in [-0.4, -0.2) is 43.5 Å². The lowest BCUT2D eigenvalue weighted by atomic mass is 9.72. The van der Waals surface area contributed by atoms with Crippen LogP contribution in [-0.2, 0) is 26.7 Å². The Hall–Kier alpha value is -1.70. The predicted molar refractivity (Wildman–Crippen MR) is 114 cm³/mol. The van der Waals surface area contributed by atoms with E-state index in [1.807, 2.05) is 48.7 Å². The minimum atomic E-state index is -3.23. The number of nitrogens with one attached hydrogen (secondary N) is 1. The summed E-state index contributed by atoms with van der Waals surface area (Å²) in [6, 6.07) is 13.9. The Balaban J connectivity index is 1.79. The lowest BCUT2D eigenvalue weighted by molar-refractivity contribution is -0.128. The highest BCUT2D eigenvalue weighted by molar-refractivity contribution is 7.89. The van der Waals surface area contributed by atoms with Crippen LogP contribution in [0.1, 0.15) is 37.1 Å². The molecule has 0 radical (unpaired) electrons. The maximum absolute atomic E-state index is 13.4. The molecule has 1 atom stereocenters.